The molecule has 1 aliphatic rings. The minimum Gasteiger partial charge on any atom is -0.317 e. The van der Waals surface area contributed by atoms with E-state index in [1.807, 2.05) is 23.1 Å². The molecule has 1 fully saturated rings. The molecule has 2 aromatic carbocycles. The maximum Gasteiger partial charge on any atom is 0.322 e. The van der Waals surface area contributed by atoms with Gasteiger partial charge in [0.05, 0.1) is 6.04 Å². The Morgan fingerprint density at radius 1 is 1.12 bits per heavy atom. The first kappa shape index (κ1) is 17.5. The predicted molar refractivity (Wildman–Crippen MR) is 104 cm³/mol. The average Bonchev–Trinajstić information content (AvgIpc) is 2.88. The molecular weight excluding hydrogens is 308 g/mol. The van der Waals surface area contributed by atoms with Gasteiger partial charge in [-0.25, -0.2) is 4.79 Å². The lowest BCUT2D eigenvalue weighted by atomic mass is 9.99. The summed E-state index contributed by atoms with van der Waals surface area (Å²) in [7, 11) is 0. The number of nitrogens with one attached hydrogen (secondary N) is 1. The molecule has 3 nitrogen and oxygen atoms in total. The highest BCUT2D eigenvalue weighted by Gasteiger charge is 2.27. The highest BCUT2D eigenvalue weighted by molar-refractivity contribution is 5.90. The second-order valence-corrected chi connectivity index (χ2v) is 6.91. The van der Waals surface area contributed by atoms with Gasteiger partial charge in [0.25, 0.3) is 0 Å². The first-order valence-electron chi connectivity index (χ1n) is 9.41. The van der Waals surface area contributed by atoms with Crippen LogP contribution in [0, 0.1) is 6.92 Å². The summed E-state index contributed by atoms with van der Waals surface area (Å²) in [6, 6.07) is 16.8. The van der Waals surface area contributed by atoms with Gasteiger partial charge in [0.1, 0.15) is 0 Å². The van der Waals surface area contributed by atoms with Crippen molar-refractivity contribution in [1.29, 1.82) is 0 Å². The molecule has 1 unspecified atom stereocenters. The van der Waals surface area contributed by atoms with Crippen LogP contribution in [0.2, 0.25) is 0 Å². The number of carbonyl (C=O) groups is 1. The lowest BCUT2D eigenvalue weighted by molar-refractivity contribution is 0.189. The van der Waals surface area contributed by atoms with Crippen molar-refractivity contribution in [3.05, 3.63) is 65.2 Å². The number of hydrogen-bond donors (Lipinski definition) is 1. The van der Waals surface area contributed by atoms with E-state index in [0.29, 0.717) is 0 Å². The monoisotopic (exact) mass is 336 g/mol. The van der Waals surface area contributed by atoms with Crippen molar-refractivity contribution in [1.82, 2.24) is 4.90 Å². The zero-order valence-electron chi connectivity index (χ0n) is 15.3. The van der Waals surface area contributed by atoms with E-state index in [4.69, 9.17) is 0 Å². The molecule has 3 rings (SSSR count). The summed E-state index contributed by atoms with van der Waals surface area (Å²) in [5.41, 5.74) is 4.61. The largest absolute Gasteiger partial charge is 0.322 e. The molecule has 0 radical (unpaired) electrons. The van der Waals surface area contributed by atoms with Gasteiger partial charge < -0.3 is 10.2 Å². The van der Waals surface area contributed by atoms with E-state index in [1.165, 1.54) is 29.5 Å². The Hall–Kier alpha value is -2.29. The Bertz CT molecular complexity index is 725. The number of rotatable bonds is 3. The number of aryl methyl sites for hydroxylation is 2. The Balaban J connectivity index is 1.84. The normalized spacial score (nSPS) is 17.8. The minimum absolute atomic E-state index is 0.0225. The number of carbonyl (C=O) groups excluding carboxylic acids is 1. The summed E-state index contributed by atoms with van der Waals surface area (Å²) >= 11 is 0. The van der Waals surface area contributed by atoms with Gasteiger partial charge in [-0.15, -0.1) is 0 Å². The molecule has 3 heteroatoms. The number of nitrogens with zero attached hydrogens (tertiary/aromatic N) is 1. The number of likely N-dealkylation sites (tertiary alicyclic amines) is 1. The first-order valence-corrected chi connectivity index (χ1v) is 9.41. The highest BCUT2D eigenvalue weighted by atomic mass is 16.2. The van der Waals surface area contributed by atoms with Crippen LogP contribution in [0.25, 0.3) is 0 Å². The van der Waals surface area contributed by atoms with Gasteiger partial charge >= 0.3 is 6.03 Å². The van der Waals surface area contributed by atoms with Crippen molar-refractivity contribution in [2.45, 2.75) is 52.0 Å². The molecule has 0 aromatic heterocycles. The highest BCUT2D eigenvalue weighted by Crippen LogP contribution is 2.31. The summed E-state index contributed by atoms with van der Waals surface area (Å²) in [5.74, 6) is 0. The molecule has 132 valence electrons. The Labute approximate surface area is 151 Å². The quantitative estimate of drug-likeness (QED) is 0.765. The third kappa shape index (κ3) is 4.22. The third-order valence-corrected chi connectivity index (χ3v) is 5.08. The standard InChI is InChI=1S/C22H28N2O/c1-3-18-11-6-7-13-20(18)23-22(25)24-15-8-4-5-14-21(24)19-12-9-10-17(2)16-19/h6-7,9-13,16,21H,3-5,8,14-15H2,1-2H3,(H,23,25). The van der Waals surface area contributed by atoms with Crippen molar-refractivity contribution in [3.63, 3.8) is 0 Å². The second kappa shape index (κ2) is 8.19. The van der Waals surface area contributed by atoms with E-state index < -0.39 is 0 Å². The maximum absolute atomic E-state index is 13.1. The number of amides is 2. The number of para-hydroxylation sites is 1. The van der Waals surface area contributed by atoms with E-state index in [9.17, 15) is 4.79 Å². The predicted octanol–water partition coefficient (Wildman–Crippen LogP) is 5.71. The van der Waals surface area contributed by atoms with Crippen molar-refractivity contribution in [3.8, 4) is 0 Å². The summed E-state index contributed by atoms with van der Waals surface area (Å²) < 4.78 is 0. The number of anilines is 1. The average molecular weight is 336 g/mol. The van der Waals surface area contributed by atoms with Crippen molar-refractivity contribution >= 4 is 11.7 Å². The van der Waals surface area contributed by atoms with Gasteiger partial charge in [-0.3, -0.25) is 0 Å². The van der Waals surface area contributed by atoms with Gasteiger partial charge in [0.2, 0.25) is 0 Å². The van der Waals surface area contributed by atoms with E-state index in [0.717, 1.165) is 31.5 Å². The fourth-order valence-electron chi connectivity index (χ4n) is 3.71. The van der Waals surface area contributed by atoms with E-state index in [-0.39, 0.29) is 12.1 Å². The fourth-order valence-corrected chi connectivity index (χ4v) is 3.71. The molecule has 2 aromatic rings. The molecule has 1 N–H and O–H groups in total. The lowest BCUT2D eigenvalue weighted by Gasteiger charge is -2.31. The summed E-state index contributed by atoms with van der Waals surface area (Å²) in [5, 5.41) is 3.16. The van der Waals surface area contributed by atoms with Crippen molar-refractivity contribution in [2.24, 2.45) is 0 Å². The first-order chi connectivity index (χ1) is 12.2. The zero-order chi connectivity index (χ0) is 17.6. The van der Waals surface area contributed by atoms with E-state index in [2.05, 4.69) is 49.5 Å². The molecule has 1 saturated heterocycles. The van der Waals surface area contributed by atoms with Crippen LogP contribution in [0.3, 0.4) is 0 Å². The molecule has 2 amide bonds. The molecule has 0 aliphatic carbocycles. The Morgan fingerprint density at radius 2 is 1.96 bits per heavy atom. The van der Waals surface area contributed by atoms with Crippen LogP contribution in [0.1, 0.15) is 55.3 Å². The van der Waals surface area contributed by atoms with Gasteiger partial charge in [0, 0.05) is 12.2 Å². The molecular formula is C22H28N2O. The molecule has 1 atom stereocenters. The molecule has 1 heterocycles. The smallest absolute Gasteiger partial charge is 0.317 e. The maximum atomic E-state index is 13.1. The van der Waals surface area contributed by atoms with Gasteiger partial charge in [-0.05, 0) is 43.4 Å². The van der Waals surface area contributed by atoms with Crippen LogP contribution in [-0.4, -0.2) is 17.5 Å². The van der Waals surface area contributed by atoms with Crippen LogP contribution < -0.4 is 5.32 Å². The number of urea groups is 1. The van der Waals surface area contributed by atoms with Crippen LogP contribution in [0.5, 0.6) is 0 Å². The van der Waals surface area contributed by atoms with Crippen molar-refractivity contribution in [2.75, 3.05) is 11.9 Å². The topological polar surface area (TPSA) is 32.3 Å². The van der Waals surface area contributed by atoms with Crippen LogP contribution in [0.15, 0.2) is 48.5 Å². The SMILES string of the molecule is CCc1ccccc1NC(=O)N1CCCCCC1c1cccc(C)c1. The summed E-state index contributed by atoms with van der Waals surface area (Å²) in [4.78, 5) is 15.1. The fraction of sp³-hybridized carbons (Fsp3) is 0.409. The summed E-state index contributed by atoms with van der Waals surface area (Å²) in [6.07, 6.45) is 5.39. The minimum atomic E-state index is 0.0225. The van der Waals surface area contributed by atoms with Gasteiger partial charge in [0.15, 0.2) is 0 Å². The number of hydrogen-bond acceptors (Lipinski definition) is 1. The second-order valence-electron chi connectivity index (χ2n) is 6.91. The van der Waals surface area contributed by atoms with Crippen molar-refractivity contribution < 1.29 is 4.79 Å². The molecule has 0 bridgehead atoms. The van der Waals surface area contributed by atoms with Crippen LogP contribution >= 0.6 is 0 Å². The Kier molecular flexibility index (Phi) is 5.75. The zero-order valence-corrected chi connectivity index (χ0v) is 15.3. The number of benzene rings is 2. The van der Waals surface area contributed by atoms with Crippen LogP contribution in [0.4, 0.5) is 10.5 Å². The molecule has 1 aliphatic heterocycles. The van der Waals surface area contributed by atoms with Gasteiger partial charge in [-0.1, -0.05) is 67.8 Å². The van der Waals surface area contributed by atoms with E-state index in [1.54, 1.807) is 0 Å². The third-order valence-electron chi connectivity index (χ3n) is 5.08. The Morgan fingerprint density at radius 3 is 2.76 bits per heavy atom. The lowest BCUT2D eigenvalue weighted by Crippen LogP contribution is -2.38. The molecule has 25 heavy (non-hydrogen) atoms. The summed E-state index contributed by atoms with van der Waals surface area (Å²) in [6.45, 7) is 5.05. The van der Waals surface area contributed by atoms with Crippen LogP contribution in [-0.2, 0) is 6.42 Å². The molecule has 0 spiro atoms. The molecule has 0 saturated carbocycles. The van der Waals surface area contributed by atoms with Gasteiger partial charge in [-0.2, -0.15) is 0 Å². The van der Waals surface area contributed by atoms with E-state index >= 15 is 0 Å².